The summed E-state index contributed by atoms with van der Waals surface area (Å²) in [6, 6.07) is 13.6. The molecule has 0 unspecified atom stereocenters. The van der Waals surface area contributed by atoms with Crippen LogP contribution in [-0.2, 0) is 17.5 Å². The second-order valence-corrected chi connectivity index (χ2v) is 6.19. The van der Waals surface area contributed by atoms with Crippen molar-refractivity contribution in [3.8, 4) is 6.07 Å². The van der Waals surface area contributed by atoms with Gasteiger partial charge in [-0.3, -0.25) is 4.79 Å². The number of hydrogen-bond donors (Lipinski definition) is 3. The summed E-state index contributed by atoms with van der Waals surface area (Å²) in [6.07, 6.45) is -4.73. The Morgan fingerprint density at radius 3 is 2.44 bits per heavy atom. The predicted molar refractivity (Wildman–Crippen MR) is 93.6 cm³/mol. The number of anilines is 1. The Labute approximate surface area is 154 Å². The molecule has 142 valence electrons. The van der Waals surface area contributed by atoms with E-state index in [1.165, 1.54) is 19.1 Å². The molecule has 0 aliphatic heterocycles. The molecular weight excluding hydrogens is 359 g/mol. The first-order valence-corrected chi connectivity index (χ1v) is 8.03. The van der Waals surface area contributed by atoms with Gasteiger partial charge in [0.2, 0.25) is 0 Å². The zero-order valence-corrected chi connectivity index (χ0v) is 14.5. The summed E-state index contributed by atoms with van der Waals surface area (Å²) in [4.78, 5) is 12.2. The van der Waals surface area contributed by atoms with E-state index in [0.29, 0.717) is 12.6 Å². The normalized spacial score (nSPS) is 13.5. The highest BCUT2D eigenvalue weighted by Crippen LogP contribution is 2.33. The lowest BCUT2D eigenvalue weighted by Gasteiger charge is -2.23. The first kappa shape index (κ1) is 20.4. The molecule has 0 saturated heterocycles. The highest BCUT2D eigenvalue weighted by atomic mass is 19.4. The number of aliphatic hydroxyl groups is 1. The van der Waals surface area contributed by atoms with E-state index in [0.717, 1.165) is 11.6 Å². The molecular formula is C19H18F3N3O2. The van der Waals surface area contributed by atoms with Crippen molar-refractivity contribution in [1.29, 1.82) is 5.26 Å². The van der Waals surface area contributed by atoms with Crippen molar-refractivity contribution >= 4 is 11.6 Å². The van der Waals surface area contributed by atoms with Gasteiger partial charge in [-0.05, 0) is 30.7 Å². The van der Waals surface area contributed by atoms with Crippen LogP contribution in [0.25, 0.3) is 0 Å². The van der Waals surface area contributed by atoms with E-state index in [9.17, 15) is 23.1 Å². The molecule has 2 rings (SSSR count). The van der Waals surface area contributed by atoms with Gasteiger partial charge in [0, 0.05) is 18.8 Å². The van der Waals surface area contributed by atoms with Crippen molar-refractivity contribution in [3.63, 3.8) is 0 Å². The molecule has 1 amide bonds. The maximum atomic E-state index is 13.0. The van der Waals surface area contributed by atoms with Gasteiger partial charge >= 0.3 is 6.18 Å². The average Bonchev–Trinajstić information content (AvgIpc) is 2.61. The van der Waals surface area contributed by atoms with E-state index in [2.05, 4.69) is 10.6 Å². The number of halogens is 3. The summed E-state index contributed by atoms with van der Waals surface area (Å²) in [5, 5.41) is 24.3. The smallest absolute Gasteiger partial charge is 0.379 e. The molecule has 0 aliphatic carbocycles. The Kier molecular flexibility index (Phi) is 6.20. The molecule has 3 N–H and O–H groups in total. The maximum absolute atomic E-state index is 13.0. The first-order chi connectivity index (χ1) is 12.6. The Bertz CT molecular complexity index is 844. The zero-order valence-electron chi connectivity index (χ0n) is 14.5. The Morgan fingerprint density at radius 2 is 1.85 bits per heavy atom. The lowest BCUT2D eigenvalue weighted by atomic mass is 10.0. The van der Waals surface area contributed by atoms with Crippen LogP contribution < -0.4 is 10.6 Å². The molecule has 2 aromatic rings. The highest BCUT2D eigenvalue weighted by Gasteiger charge is 2.35. The lowest BCUT2D eigenvalue weighted by Crippen LogP contribution is -2.47. The van der Waals surface area contributed by atoms with Crippen molar-refractivity contribution in [2.75, 3.05) is 11.9 Å². The molecule has 0 bridgehead atoms. The van der Waals surface area contributed by atoms with Gasteiger partial charge in [0.05, 0.1) is 17.2 Å². The standard InChI is InChI=1S/C19H18F3N3O2/c1-18(27,12-24-11-13-5-3-2-4-6-13)17(26)25-15-8-7-14(10-23)16(9-15)19(20,21)22/h2-9,24,27H,11-12H2,1H3,(H,25,26)/t18-/m0/s1. The van der Waals surface area contributed by atoms with E-state index in [1.807, 2.05) is 30.3 Å². The third kappa shape index (κ3) is 5.54. The number of nitrogens with one attached hydrogen (secondary N) is 2. The van der Waals surface area contributed by atoms with Gasteiger partial charge in [-0.15, -0.1) is 0 Å². The first-order valence-electron chi connectivity index (χ1n) is 8.03. The fourth-order valence-electron chi connectivity index (χ4n) is 2.35. The summed E-state index contributed by atoms with van der Waals surface area (Å²) in [5.74, 6) is -0.860. The van der Waals surface area contributed by atoms with Crippen LogP contribution >= 0.6 is 0 Å². The van der Waals surface area contributed by atoms with Gasteiger partial charge in [-0.25, -0.2) is 0 Å². The monoisotopic (exact) mass is 377 g/mol. The molecule has 5 nitrogen and oxygen atoms in total. The fraction of sp³-hybridized carbons (Fsp3) is 0.263. The number of carbonyl (C=O) groups excluding carboxylic acids is 1. The van der Waals surface area contributed by atoms with E-state index in [1.54, 1.807) is 0 Å². The van der Waals surface area contributed by atoms with Crippen LogP contribution in [0.3, 0.4) is 0 Å². The number of hydrogen-bond acceptors (Lipinski definition) is 4. The molecule has 0 saturated carbocycles. The van der Waals surface area contributed by atoms with Gasteiger partial charge in [0.1, 0.15) is 0 Å². The number of nitrogens with zero attached hydrogens (tertiary/aromatic N) is 1. The largest absolute Gasteiger partial charge is 0.417 e. The molecule has 0 fully saturated rings. The Balaban J connectivity index is 2.03. The second kappa shape index (κ2) is 8.20. The SMILES string of the molecule is C[C@](O)(CNCc1ccccc1)C(=O)Nc1ccc(C#N)c(C(F)(F)F)c1. The zero-order chi connectivity index (χ0) is 20.1. The third-order valence-electron chi connectivity index (χ3n) is 3.83. The quantitative estimate of drug-likeness (QED) is 0.722. The summed E-state index contributed by atoms with van der Waals surface area (Å²) < 4.78 is 39.0. The summed E-state index contributed by atoms with van der Waals surface area (Å²) in [6.45, 7) is 1.57. The molecule has 0 heterocycles. The van der Waals surface area contributed by atoms with Crippen molar-refractivity contribution in [1.82, 2.24) is 5.32 Å². The van der Waals surface area contributed by atoms with Gasteiger partial charge < -0.3 is 15.7 Å². The van der Waals surface area contributed by atoms with Crippen LogP contribution in [0.1, 0.15) is 23.6 Å². The van der Waals surface area contributed by atoms with E-state index < -0.39 is 28.8 Å². The minimum Gasteiger partial charge on any atom is -0.379 e. The third-order valence-corrected chi connectivity index (χ3v) is 3.83. The van der Waals surface area contributed by atoms with Crippen molar-refractivity contribution in [3.05, 3.63) is 65.2 Å². The maximum Gasteiger partial charge on any atom is 0.417 e. The number of rotatable bonds is 6. The molecule has 8 heteroatoms. The van der Waals surface area contributed by atoms with E-state index in [4.69, 9.17) is 5.26 Å². The molecule has 0 radical (unpaired) electrons. The fourth-order valence-corrected chi connectivity index (χ4v) is 2.35. The highest BCUT2D eigenvalue weighted by molar-refractivity contribution is 5.97. The summed E-state index contributed by atoms with van der Waals surface area (Å²) >= 11 is 0. The second-order valence-electron chi connectivity index (χ2n) is 6.19. The Hall–Kier alpha value is -2.89. The lowest BCUT2D eigenvalue weighted by molar-refractivity contribution is -0.138. The Morgan fingerprint density at radius 1 is 1.19 bits per heavy atom. The molecule has 2 aromatic carbocycles. The summed E-state index contributed by atoms with van der Waals surface area (Å²) in [7, 11) is 0. The van der Waals surface area contributed by atoms with Crippen LogP contribution in [0.15, 0.2) is 48.5 Å². The van der Waals surface area contributed by atoms with Crippen LogP contribution in [0, 0.1) is 11.3 Å². The van der Waals surface area contributed by atoms with Gasteiger partial charge in [0.25, 0.3) is 5.91 Å². The minimum absolute atomic E-state index is 0.101. The minimum atomic E-state index is -4.73. The van der Waals surface area contributed by atoms with Crippen LogP contribution in [-0.4, -0.2) is 23.2 Å². The molecule has 27 heavy (non-hydrogen) atoms. The molecule has 0 aromatic heterocycles. The van der Waals surface area contributed by atoms with Crippen molar-refractivity contribution in [2.45, 2.75) is 25.2 Å². The number of benzene rings is 2. The molecule has 1 atom stereocenters. The van der Waals surface area contributed by atoms with Crippen LogP contribution in [0.2, 0.25) is 0 Å². The molecule has 0 spiro atoms. The number of amides is 1. The van der Waals surface area contributed by atoms with Crippen LogP contribution in [0.4, 0.5) is 18.9 Å². The van der Waals surface area contributed by atoms with Gasteiger partial charge in [-0.2, -0.15) is 18.4 Å². The van der Waals surface area contributed by atoms with Crippen molar-refractivity contribution in [2.24, 2.45) is 0 Å². The van der Waals surface area contributed by atoms with Gasteiger partial charge in [-0.1, -0.05) is 30.3 Å². The van der Waals surface area contributed by atoms with E-state index in [-0.39, 0.29) is 12.2 Å². The van der Waals surface area contributed by atoms with Crippen LogP contribution in [0.5, 0.6) is 0 Å². The average molecular weight is 377 g/mol. The summed E-state index contributed by atoms with van der Waals surface area (Å²) in [5.41, 5.74) is -2.74. The number of nitriles is 1. The topological polar surface area (TPSA) is 85.2 Å². The predicted octanol–water partition coefficient (Wildman–Crippen LogP) is 3.06. The molecule has 0 aliphatic rings. The number of carbonyl (C=O) groups is 1. The van der Waals surface area contributed by atoms with Gasteiger partial charge in [0.15, 0.2) is 5.60 Å². The van der Waals surface area contributed by atoms with E-state index >= 15 is 0 Å². The van der Waals surface area contributed by atoms with Crippen molar-refractivity contribution < 1.29 is 23.1 Å². The number of alkyl halides is 3.